The Bertz CT molecular complexity index is 927. The predicted molar refractivity (Wildman–Crippen MR) is 126 cm³/mol. The third-order valence-electron chi connectivity index (χ3n) is 10.6. The lowest BCUT2D eigenvalue weighted by molar-refractivity contribution is -0.293. The second-order valence-electron chi connectivity index (χ2n) is 12.5. The molecule has 5 aliphatic rings. The average molecular weight is 453 g/mol. The Balaban J connectivity index is 1.49. The van der Waals surface area contributed by atoms with Crippen LogP contribution in [0.5, 0.6) is 0 Å². The van der Waals surface area contributed by atoms with Crippen molar-refractivity contribution < 1.29 is 19.0 Å². The Morgan fingerprint density at radius 1 is 0.909 bits per heavy atom. The maximum absolute atomic E-state index is 13.2. The Kier molecular flexibility index (Phi) is 4.98. The summed E-state index contributed by atoms with van der Waals surface area (Å²) in [6.45, 7) is 9.50. The molecule has 4 heteroatoms. The van der Waals surface area contributed by atoms with E-state index in [1.807, 2.05) is 0 Å². The summed E-state index contributed by atoms with van der Waals surface area (Å²) in [5, 5.41) is 0. The van der Waals surface area contributed by atoms with Crippen LogP contribution < -0.4 is 0 Å². The molecule has 3 unspecified atom stereocenters. The van der Waals surface area contributed by atoms with Crippen LogP contribution >= 0.6 is 0 Å². The monoisotopic (exact) mass is 452 g/mol. The molecule has 0 aromatic heterocycles. The number of carbonyl (C=O) groups excluding carboxylic acids is 1. The minimum absolute atomic E-state index is 0.00229. The fourth-order valence-corrected chi connectivity index (χ4v) is 9.03. The first-order chi connectivity index (χ1) is 15.7. The smallest absolute Gasteiger partial charge is 0.163 e. The predicted octanol–water partition coefficient (Wildman–Crippen LogP) is 6.07. The Morgan fingerprint density at radius 3 is 2.45 bits per heavy atom. The van der Waals surface area contributed by atoms with Gasteiger partial charge >= 0.3 is 0 Å². The number of hydrogen-bond acceptors (Lipinski definition) is 4. The van der Waals surface area contributed by atoms with Gasteiger partial charge < -0.3 is 14.2 Å². The molecular formula is C29H40O4. The molecule has 0 radical (unpaired) electrons. The van der Waals surface area contributed by atoms with Crippen LogP contribution in [-0.4, -0.2) is 29.4 Å². The van der Waals surface area contributed by atoms with Gasteiger partial charge in [0.15, 0.2) is 5.79 Å². The number of rotatable bonds is 3. The van der Waals surface area contributed by atoms with Gasteiger partial charge in [0.2, 0.25) is 0 Å². The van der Waals surface area contributed by atoms with Crippen LogP contribution in [0.25, 0.3) is 0 Å². The molecular weight excluding hydrogens is 412 g/mol. The number of hydrogen-bond donors (Lipinski definition) is 0. The zero-order chi connectivity index (χ0) is 23.1. The Hall–Kier alpha value is -1.23. The van der Waals surface area contributed by atoms with E-state index in [4.69, 9.17) is 14.2 Å². The van der Waals surface area contributed by atoms with E-state index < -0.39 is 5.79 Å². The van der Waals surface area contributed by atoms with E-state index in [0.717, 1.165) is 19.3 Å². The minimum atomic E-state index is -0.584. The molecule has 180 valence electrons. The normalized spacial score (nSPS) is 48.0. The van der Waals surface area contributed by atoms with E-state index in [1.54, 1.807) is 0 Å². The summed E-state index contributed by atoms with van der Waals surface area (Å²) in [4.78, 5) is 13.2. The molecule has 1 aromatic rings. The van der Waals surface area contributed by atoms with E-state index in [2.05, 4.69) is 58.0 Å². The topological polar surface area (TPSA) is 44.8 Å². The molecule has 1 saturated heterocycles. The second-order valence-corrected chi connectivity index (χ2v) is 12.5. The van der Waals surface area contributed by atoms with E-state index in [0.29, 0.717) is 30.6 Å². The lowest BCUT2D eigenvalue weighted by Gasteiger charge is -2.68. The van der Waals surface area contributed by atoms with Gasteiger partial charge in [0.25, 0.3) is 0 Å². The van der Waals surface area contributed by atoms with Crippen LogP contribution in [0.3, 0.4) is 0 Å². The largest absolute Gasteiger partial charge is 0.369 e. The van der Waals surface area contributed by atoms with Crippen molar-refractivity contribution in [2.75, 3.05) is 0 Å². The minimum Gasteiger partial charge on any atom is -0.369 e. The van der Waals surface area contributed by atoms with Crippen LogP contribution in [0.15, 0.2) is 30.3 Å². The number of carbonyl (C=O) groups is 1. The van der Waals surface area contributed by atoms with Gasteiger partial charge in [-0.25, -0.2) is 0 Å². The summed E-state index contributed by atoms with van der Waals surface area (Å²) in [5.74, 6) is 0.803. The molecule has 5 fully saturated rings. The van der Waals surface area contributed by atoms with Crippen LogP contribution in [0, 0.1) is 28.6 Å². The summed E-state index contributed by atoms with van der Waals surface area (Å²) >= 11 is 0. The number of benzene rings is 1. The fourth-order valence-electron chi connectivity index (χ4n) is 9.03. The van der Waals surface area contributed by atoms with Crippen molar-refractivity contribution in [3.8, 4) is 0 Å². The molecule has 4 nitrogen and oxygen atoms in total. The van der Waals surface area contributed by atoms with Gasteiger partial charge in [-0.15, -0.1) is 0 Å². The first-order valence-corrected chi connectivity index (χ1v) is 13.3. The Morgan fingerprint density at radius 2 is 1.67 bits per heavy atom. The summed E-state index contributed by atoms with van der Waals surface area (Å²) in [7, 11) is 0. The SMILES string of the molecule is CC1(C)O[C@@H]2C3CCCC[C@]3(C)[C@@]3(OCc4ccccc4)CC[C@]4(C)C(=O)CCC4C3[C@H]2O1. The third kappa shape index (κ3) is 3.02. The van der Waals surface area contributed by atoms with Gasteiger partial charge in [0, 0.05) is 23.2 Å². The van der Waals surface area contributed by atoms with Gasteiger partial charge in [0.05, 0.1) is 24.4 Å². The number of Topliss-reactive ketones (excluding diaryl/α,β-unsaturated/α-hetero) is 1. The van der Waals surface area contributed by atoms with Gasteiger partial charge in [-0.3, -0.25) is 4.79 Å². The highest BCUT2D eigenvalue weighted by molar-refractivity contribution is 5.87. The van der Waals surface area contributed by atoms with Crippen molar-refractivity contribution in [3.05, 3.63) is 35.9 Å². The quantitative estimate of drug-likeness (QED) is 0.558. The van der Waals surface area contributed by atoms with Crippen LogP contribution in [-0.2, 0) is 25.6 Å². The molecule has 1 aliphatic heterocycles. The van der Waals surface area contributed by atoms with Crippen molar-refractivity contribution in [2.24, 2.45) is 28.6 Å². The molecule has 0 spiro atoms. The first kappa shape index (κ1) is 22.2. The molecule has 0 N–H and O–H groups in total. The van der Waals surface area contributed by atoms with E-state index in [1.165, 1.54) is 31.2 Å². The zero-order valence-electron chi connectivity index (χ0n) is 20.8. The highest BCUT2D eigenvalue weighted by atomic mass is 16.8. The molecule has 0 bridgehead atoms. The van der Waals surface area contributed by atoms with Gasteiger partial charge in [-0.05, 0) is 63.4 Å². The van der Waals surface area contributed by atoms with Crippen molar-refractivity contribution >= 4 is 5.78 Å². The molecule has 4 saturated carbocycles. The Labute approximate surface area is 198 Å². The lowest BCUT2D eigenvalue weighted by Crippen LogP contribution is -2.72. The number of fused-ring (bicyclic) bond motifs is 8. The highest BCUT2D eigenvalue weighted by Gasteiger charge is 2.74. The first-order valence-electron chi connectivity index (χ1n) is 13.3. The molecule has 8 atom stereocenters. The standard InChI is InChI=1S/C29H40O4/c1-26(2)32-24-21-12-8-9-15-28(21,4)29(31-18-19-10-6-5-7-11-19)17-16-27(3)20(13-14-22(27)30)23(29)25(24)33-26/h5-7,10-11,20-21,23-25H,8-9,12-18H2,1-4H3/t20?,21?,23?,24-,25-,27+,28+,29-/m1/s1. The molecule has 1 aromatic carbocycles. The van der Waals surface area contributed by atoms with E-state index in [9.17, 15) is 4.79 Å². The van der Waals surface area contributed by atoms with Crippen LogP contribution in [0.2, 0.25) is 0 Å². The molecule has 4 aliphatic carbocycles. The molecule has 33 heavy (non-hydrogen) atoms. The highest BCUT2D eigenvalue weighted by Crippen LogP contribution is 2.70. The molecule has 6 rings (SSSR count). The van der Waals surface area contributed by atoms with Crippen molar-refractivity contribution in [2.45, 2.75) is 109 Å². The third-order valence-corrected chi connectivity index (χ3v) is 10.6. The lowest BCUT2D eigenvalue weighted by atomic mass is 9.41. The van der Waals surface area contributed by atoms with Crippen molar-refractivity contribution in [1.82, 2.24) is 0 Å². The maximum Gasteiger partial charge on any atom is 0.163 e. The molecule has 0 amide bonds. The summed E-state index contributed by atoms with van der Waals surface area (Å²) in [6.07, 6.45) is 8.51. The maximum atomic E-state index is 13.2. The van der Waals surface area contributed by atoms with Gasteiger partial charge in [0.1, 0.15) is 5.78 Å². The number of ketones is 1. The molecule has 1 heterocycles. The van der Waals surface area contributed by atoms with Crippen molar-refractivity contribution in [3.63, 3.8) is 0 Å². The summed E-state index contributed by atoms with van der Waals surface area (Å²) in [5.41, 5.74) is 0.724. The van der Waals surface area contributed by atoms with Gasteiger partial charge in [-0.1, -0.05) is 57.0 Å². The fraction of sp³-hybridized carbons (Fsp3) is 0.759. The van der Waals surface area contributed by atoms with E-state index >= 15 is 0 Å². The van der Waals surface area contributed by atoms with Crippen molar-refractivity contribution in [1.29, 1.82) is 0 Å². The average Bonchev–Trinajstić information content (AvgIpc) is 3.28. The summed E-state index contributed by atoms with van der Waals surface area (Å²) < 4.78 is 20.7. The second kappa shape index (κ2) is 7.38. The van der Waals surface area contributed by atoms with Gasteiger partial charge in [-0.2, -0.15) is 0 Å². The number of ether oxygens (including phenoxy) is 3. The zero-order valence-corrected chi connectivity index (χ0v) is 20.8. The van der Waals surface area contributed by atoms with E-state index in [-0.39, 0.29) is 34.6 Å². The van der Waals surface area contributed by atoms with Crippen LogP contribution in [0.1, 0.15) is 84.6 Å². The summed E-state index contributed by atoms with van der Waals surface area (Å²) in [6, 6.07) is 10.6. The van der Waals surface area contributed by atoms with Crippen LogP contribution in [0.4, 0.5) is 0 Å².